The van der Waals surface area contributed by atoms with E-state index in [1.165, 1.54) is 50.8 Å². The second-order valence-electron chi connectivity index (χ2n) is 6.83. The van der Waals surface area contributed by atoms with E-state index in [1.54, 1.807) is 0 Å². The molecular weight excluding hydrogens is 248 g/mol. The number of imidazole rings is 1. The van der Waals surface area contributed by atoms with Gasteiger partial charge in [-0.15, -0.1) is 0 Å². The number of piperidine rings is 1. The van der Waals surface area contributed by atoms with Crippen molar-refractivity contribution in [1.82, 2.24) is 19.8 Å². The van der Waals surface area contributed by atoms with Crippen molar-refractivity contribution in [2.24, 2.45) is 5.92 Å². The van der Waals surface area contributed by atoms with Crippen LogP contribution in [0.25, 0.3) is 0 Å². The largest absolute Gasteiger partial charge is 0.330 e. The van der Waals surface area contributed by atoms with Gasteiger partial charge in [0.25, 0.3) is 0 Å². The summed E-state index contributed by atoms with van der Waals surface area (Å²) in [5.74, 6) is 0.739. The highest BCUT2D eigenvalue weighted by Crippen LogP contribution is 2.45. The lowest BCUT2D eigenvalue weighted by Gasteiger charge is -2.42. The van der Waals surface area contributed by atoms with Crippen LogP contribution in [-0.4, -0.2) is 40.6 Å². The quantitative estimate of drug-likeness (QED) is 0.895. The number of likely N-dealkylation sites (tertiary alicyclic amines) is 1. The van der Waals surface area contributed by atoms with Crippen molar-refractivity contribution in [2.75, 3.05) is 20.1 Å². The van der Waals surface area contributed by atoms with Gasteiger partial charge in [0.15, 0.2) is 0 Å². The zero-order valence-corrected chi connectivity index (χ0v) is 12.5. The van der Waals surface area contributed by atoms with Crippen LogP contribution in [0, 0.1) is 5.92 Å². The van der Waals surface area contributed by atoms with Gasteiger partial charge < -0.3 is 9.88 Å². The van der Waals surface area contributed by atoms with Crippen molar-refractivity contribution in [3.8, 4) is 0 Å². The van der Waals surface area contributed by atoms with Crippen LogP contribution in [0.5, 0.6) is 0 Å². The molecule has 0 bridgehead atoms. The third-order valence-corrected chi connectivity index (χ3v) is 5.22. The van der Waals surface area contributed by atoms with Crippen LogP contribution in [0.15, 0.2) is 12.5 Å². The molecule has 1 aliphatic heterocycles. The maximum absolute atomic E-state index is 4.48. The van der Waals surface area contributed by atoms with Gasteiger partial charge >= 0.3 is 0 Å². The molecule has 2 unspecified atom stereocenters. The standard InChI is InChI=1S/C16H26N4/c1-17-9-12-3-2-8-19(13-4-5-13)16(12)15-10-18-11-20(15)14-6-7-14/h10-14,16-17H,2-9H2,1H3. The third-order valence-electron chi connectivity index (χ3n) is 5.22. The number of hydrogen-bond acceptors (Lipinski definition) is 3. The molecular formula is C16H26N4. The number of nitrogens with one attached hydrogen (secondary N) is 1. The van der Waals surface area contributed by atoms with E-state index in [4.69, 9.17) is 0 Å². The number of nitrogens with zero attached hydrogens (tertiary/aromatic N) is 3. The third kappa shape index (κ3) is 2.29. The minimum atomic E-state index is 0.590. The molecule has 1 aromatic rings. The highest BCUT2D eigenvalue weighted by molar-refractivity contribution is 5.14. The van der Waals surface area contributed by atoms with Crippen molar-refractivity contribution < 1.29 is 0 Å². The molecule has 1 saturated heterocycles. The fourth-order valence-corrected chi connectivity index (χ4v) is 4.01. The molecule has 2 saturated carbocycles. The summed E-state index contributed by atoms with van der Waals surface area (Å²) in [6.07, 6.45) is 12.4. The van der Waals surface area contributed by atoms with Crippen molar-refractivity contribution in [2.45, 2.75) is 56.7 Å². The Morgan fingerprint density at radius 3 is 2.70 bits per heavy atom. The topological polar surface area (TPSA) is 33.1 Å². The van der Waals surface area contributed by atoms with Crippen LogP contribution in [0.2, 0.25) is 0 Å². The number of aromatic nitrogens is 2. The fraction of sp³-hybridized carbons (Fsp3) is 0.812. The monoisotopic (exact) mass is 274 g/mol. The molecule has 4 heteroatoms. The van der Waals surface area contributed by atoms with Gasteiger partial charge in [0, 0.05) is 18.3 Å². The molecule has 4 nitrogen and oxygen atoms in total. The summed E-state index contributed by atoms with van der Waals surface area (Å²) in [6, 6.07) is 2.18. The molecule has 2 atom stereocenters. The molecule has 4 rings (SSSR count). The molecule has 110 valence electrons. The molecule has 20 heavy (non-hydrogen) atoms. The first kappa shape index (κ1) is 12.8. The molecule has 0 aromatic carbocycles. The molecule has 3 aliphatic rings. The zero-order chi connectivity index (χ0) is 13.5. The summed E-state index contributed by atoms with van der Waals surface area (Å²) >= 11 is 0. The molecule has 1 N–H and O–H groups in total. The van der Waals surface area contributed by atoms with E-state index >= 15 is 0 Å². The average Bonchev–Trinajstić information content (AvgIpc) is 3.38. The van der Waals surface area contributed by atoms with Crippen LogP contribution in [0.4, 0.5) is 0 Å². The average molecular weight is 274 g/mol. The highest BCUT2D eigenvalue weighted by Gasteiger charge is 2.42. The van der Waals surface area contributed by atoms with Crippen LogP contribution in [-0.2, 0) is 0 Å². The van der Waals surface area contributed by atoms with E-state index in [-0.39, 0.29) is 0 Å². The predicted octanol–water partition coefficient (Wildman–Crippen LogP) is 2.35. The Morgan fingerprint density at radius 1 is 1.20 bits per heavy atom. The van der Waals surface area contributed by atoms with E-state index in [0.29, 0.717) is 6.04 Å². The van der Waals surface area contributed by atoms with E-state index in [0.717, 1.165) is 24.5 Å². The fourth-order valence-electron chi connectivity index (χ4n) is 4.01. The van der Waals surface area contributed by atoms with Gasteiger partial charge in [-0.05, 0) is 64.6 Å². The molecule has 2 aliphatic carbocycles. The number of rotatable bonds is 5. The van der Waals surface area contributed by atoms with E-state index in [9.17, 15) is 0 Å². The van der Waals surface area contributed by atoms with Crippen molar-refractivity contribution >= 4 is 0 Å². The Balaban J connectivity index is 1.66. The van der Waals surface area contributed by atoms with Gasteiger partial charge in [-0.25, -0.2) is 4.98 Å². The maximum atomic E-state index is 4.48. The lowest BCUT2D eigenvalue weighted by Crippen LogP contribution is -2.44. The van der Waals surface area contributed by atoms with E-state index in [2.05, 4.69) is 39.3 Å². The summed E-state index contributed by atoms with van der Waals surface area (Å²) in [5.41, 5.74) is 1.49. The Morgan fingerprint density at radius 2 is 2.00 bits per heavy atom. The molecule has 1 aromatic heterocycles. The van der Waals surface area contributed by atoms with Crippen molar-refractivity contribution in [3.63, 3.8) is 0 Å². The molecule has 0 radical (unpaired) electrons. The second kappa shape index (κ2) is 5.15. The van der Waals surface area contributed by atoms with Gasteiger partial charge in [0.1, 0.15) is 0 Å². The van der Waals surface area contributed by atoms with Gasteiger partial charge in [-0.3, -0.25) is 4.90 Å². The first-order valence-electron chi connectivity index (χ1n) is 8.30. The molecule has 3 fully saturated rings. The molecule has 0 amide bonds. The second-order valence-corrected chi connectivity index (χ2v) is 6.83. The van der Waals surface area contributed by atoms with Crippen LogP contribution in [0.3, 0.4) is 0 Å². The SMILES string of the molecule is CNCC1CCCN(C2CC2)C1c1cncn1C1CC1. The number of hydrogen-bond donors (Lipinski definition) is 1. The summed E-state index contributed by atoms with van der Waals surface area (Å²) in [5, 5.41) is 3.42. The summed E-state index contributed by atoms with van der Waals surface area (Å²) in [7, 11) is 2.09. The minimum absolute atomic E-state index is 0.590. The Bertz CT molecular complexity index is 459. The van der Waals surface area contributed by atoms with Crippen molar-refractivity contribution in [1.29, 1.82) is 0 Å². The predicted molar refractivity (Wildman–Crippen MR) is 79.6 cm³/mol. The van der Waals surface area contributed by atoms with Crippen LogP contribution < -0.4 is 5.32 Å². The molecule has 0 spiro atoms. The lowest BCUT2D eigenvalue weighted by atomic mass is 9.86. The Labute approximate surface area is 121 Å². The van der Waals surface area contributed by atoms with Gasteiger partial charge in [0.2, 0.25) is 0 Å². The lowest BCUT2D eigenvalue weighted by molar-refractivity contribution is 0.0789. The summed E-state index contributed by atoms with van der Waals surface area (Å²) in [4.78, 5) is 7.28. The normalized spacial score (nSPS) is 31.6. The van der Waals surface area contributed by atoms with Crippen molar-refractivity contribution in [3.05, 3.63) is 18.2 Å². The van der Waals surface area contributed by atoms with E-state index in [1.807, 2.05) is 0 Å². The van der Waals surface area contributed by atoms with Gasteiger partial charge in [0.05, 0.1) is 18.1 Å². The van der Waals surface area contributed by atoms with E-state index < -0.39 is 0 Å². The Hall–Kier alpha value is -0.870. The first-order valence-corrected chi connectivity index (χ1v) is 8.30. The van der Waals surface area contributed by atoms with Gasteiger partial charge in [-0.2, -0.15) is 0 Å². The zero-order valence-electron chi connectivity index (χ0n) is 12.5. The van der Waals surface area contributed by atoms with Gasteiger partial charge in [-0.1, -0.05) is 0 Å². The summed E-state index contributed by atoms with van der Waals surface area (Å²) in [6.45, 7) is 2.41. The minimum Gasteiger partial charge on any atom is -0.330 e. The first-order chi connectivity index (χ1) is 9.88. The van der Waals surface area contributed by atoms with Crippen LogP contribution in [0.1, 0.15) is 56.3 Å². The smallest absolute Gasteiger partial charge is 0.0951 e. The molecule has 2 heterocycles. The highest BCUT2D eigenvalue weighted by atomic mass is 15.3. The van der Waals surface area contributed by atoms with Crippen LogP contribution >= 0.6 is 0 Å². The Kier molecular flexibility index (Phi) is 3.31. The maximum Gasteiger partial charge on any atom is 0.0951 e. The summed E-state index contributed by atoms with van der Waals surface area (Å²) < 4.78 is 2.48.